The molecule has 7 heteroatoms. The molecule has 0 bridgehead atoms. The van der Waals surface area contributed by atoms with E-state index in [4.69, 9.17) is 9.15 Å². The number of pyridine rings is 1. The summed E-state index contributed by atoms with van der Waals surface area (Å²) >= 11 is 0. The molecule has 3 aromatic rings. The highest BCUT2D eigenvalue weighted by atomic mass is 16.5. The molecule has 1 N–H and O–H groups in total. The van der Waals surface area contributed by atoms with E-state index in [1.54, 1.807) is 6.20 Å². The minimum absolute atomic E-state index is 0.0987. The van der Waals surface area contributed by atoms with E-state index in [2.05, 4.69) is 34.2 Å². The van der Waals surface area contributed by atoms with Crippen LogP contribution in [-0.4, -0.2) is 47.5 Å². The van der Waals surface area contributed by atoms with Gasteiger partial charge in [0.1, 0.15) is 17.5 Å². The predicted octanol–water partition coefficient (Wildman–Crippen LogP) is 2.87. The van der Waals surface area contributed by atoms with Gasteiger partial charge in [0.05, 0.1) is 0 Å². The SMILES string of the molecule is CN1CC[C@@](C)(CNC(=O)c2coc(COc3cccc4cccnc34)n2)C1. The van der Waals surface area contributed by atoms with Crippen molar-refractivity contribution in [3.63, 3.8) is 0 Å². The van der Waals surface area contributed by atoms with Gasteiger partial charge in [-0.1, -0.05) is 25.1 Å². The lowest BCUT2D eigenvalue weighted by Gasteiger charge is -2.23. The number of benzene rings is 1. The summed E-state index contributed by atoms with van der Waals surface area (Å²) < 4.78 is 11.2. The van der Waals surface area contributed by atoms with E-state index in [1.807, 2.05) is 30.3 Å². The highest BCUT2D eigenvalue weighted by Gasteiger charge is 2.32. The molecule has 1 aromatic carbocycles. The van der Waals surface area contributed by atoms with Gasteiger partial charge in [0.15, 0.2) is 12.3 Å². The van der Waals surface area contributed by atoms with E-state index in [-0.39, 0.29) is 23.6 Å². The second-order valence-corrected chi connectivity index (χ2v) is 7.73. The standard InChI is InChI=1S/C21H24N4O3/c1-21(8-10-25(2)14-21)13-23-20(26)16-11-28-18(24-16)12-27-17-7-3-5-15-6-4-9-22-19(15)17/h3-7,9,11H,8,10,12-14H2,1-2H3,(H,23,26)/t21-/m0/s1. The van der Waals surface area contributed by atoms with Gasteiger partial charge in [-0.2, -0.15) is 0 Å². The third kappa shape index (κ3) is 3.99. The smallest absolute Gasteiger partial charge is 0.273 e. The zero-order valence-corrected chi connectivity index (χ0v) is 16.1. The number of nitrogens with one attached hydrogen (secondary N) is 1. The van der Waals surface area contributed by atoms with Crippen LogP contribution in [0.5, 0.6) is 5.75 Å². The van der Waals surface area contributed by atoms with E-state index in [0.29, 0.717) is 18.2 Å². The molecule has 4 rings (SSSR count). The Kier molecular flexibility index (Phi) is 5.00. The molecular weight excluding hydrogens is 356 g/mol. The monoisotopic (exact) mass is 380 g/mol. The Morgan fingerprint density at radius 3 is 3.04 bits per heavy atom. The van der Waals surface area contributed by atoms with Crippen molar-refractivity contribution in [2.75, 3.05) is 26.7 Å². The summed E-state index contributed by atoms with van der Waals surface area (Å²) in [6.07, 6.45) is 4.17. The van der Waals surface area contributed by atoms with E-state index in [0.717, 1.165) is 30.4 Å². The molecule has 0 saturated carbocycles. The van der Waals surface area contributed by atoms with Crippen LogP contribution in [0.25, 0.3) is 10.9 Å². The third-order valence-corrected chi connectivity index (χ3v) is 5.16. The lowest BCUT2D eigenvalue weighted by atomic mass is 9.90. The maximum atomic E-state index is 12.4. The molecule has 28 heavy (non-hydrogen) atoms. The molecule has 7 nitrogen and oxygen atoms in total. The fraction of sp³-hybridized carbons (Fsp3) is 0.381. The zero-order chi connectivity index (χ0) is 19.6. The fourth-order valence-electron chi connectivity index (χ4n) is 3.61. The molecule has 1 atom stereocenters. The van der Waals surface area contributed by atoms with Crippen LogP contribution < -0.4 is 10.1 Å². The Bertz CT molecular complexity index is 981. The number of ether oxygens (including phenoxy) is 1. The molecule has 146 valence electrons. The summed E-state index contributed by atoms with van der Waals surface area (Å²) in [5, 5.41) is 3.97. The van der Waals surface area contributed by atoms with Crippen molar-refractivity contribution < 1.29 is 13.9 Å². The normalized spacial score (nSPS) is 19.8. The fourth-order valence-corrected chi connectivity index (χ4v) is 3.61. The number of rotatable bonds is 6. The quantitative estimate of drug-likeness (QED) is 0.708. The summed E-state index contributed by atoms with van der Waals surface area (Å²) in [6, 6.07) is 9.60. The molecule has 0 unspecified atom stereocenters. The first-order valence-corrected chi connectivity index (χ1v) is 9.40. The molecule has 0 aliphatic carbocycles. The second-order valence-electron chi connectivity index (χ2n) is 7.73. The molecule has 1 amide bonds. The predicted molar refractivity (Wildman–Crippen MR) is 105 cm³/mol. The molecule has 1 fully saturated rings. The number of oxazole rings is 1. The number of carbonyl (C=O) groups excluding carboxylic acids is 1. The van der Waals surface area contributed by atoms with Crippen LogP contribution in [0.15, 0.2) is 47.2 Å². The number of likely N-dealkylation sites (tertiary alicyclic amines) is 1. The van der Waals surface area contributed by atoms with Gasteiger partial charge in [-0.3, -0.25) is 9.78 Å². The van der Waals surface area contributed by atoms with E-state index >= 15 is 0 Å². The Labute approximate surface area is 163 Å². The second kappa shape index (κ2) is 7.59. The highest BCUT2D eigenvalue weighted by Crippen LogP contribution is 2.28. The van der Waals surface area contributed by atoms with Crippen LogP contribution in [-0.2, 0) is 6.61 Å². The van der Waals surface area contributed by atoms with Crippen LogP contribution in [0.1, 0.15) is 29.7 Å². The maximum Gasteiger partial charge on any atom is 0.273 e. The first-order chi connectivity index (χ1) is 13.5. The summed E-state index contributed by atoms with van der Waals surface area (Å²) in [5.41, 5.74) is 1.15. The molecular formula is C21H24N4O3. The number of para-hydroxylation sites is 1. The summed E-state index contributed by atoms with van der Waals surface area (Å²) in [4.78, 5) is 23.3. The van der Waals surface area contributed by atoms with E-state index in [9.17, 15) is 4.79 Å². The molecule has 1 aliphatic heterocycles. The van der Waals surface area contributed by atoms with Gasteiger partial charge in [0.2, 0.25) is 5.89 Å². The highest BCUT2D eigenvalue weighted by molar-refractivity contribution is 5.91. The first kappa shape index (κ1) is 18.4. The Hall–Kier alpha value is -2.93. The van der Waals surface area contributed by atoms with Crippen LogP contribution in [0.3, 0.4) is 0 Å². The van der Waals surface area contributed by atoms with Gasteiger partial charge < -0.3 is 19.4 Å². The number of hydrogen-bond acceptors (Lipinski definition) is 6. The van der Waals surface area contributed by atoms with E-state index in [1.165, 1.54) is 6.26 Å². The van der Waals surface area contributed by atoms with Crippen molar-refractivity contribution in [3.05, 3.63) is 54.4 Å². The molecule has 0 radical (unpaired) electrons. The van der Waals surface area contributed by atoms with Crippen molar-refractivity contribution in [2.45, 2.75) is 20.0 Å². The van der Waals surface area contributed by atoms with Gasteiger partial charge in [-0.05, 0) is 37.6 Å². The molecule has 3 heterocycles. The van der Waals surface area contributed by atoms with Crippen molar-refractivity contribution in [2.24, 2.45) is 5.41 Å². The maximum absolute atomic E-state index is 12.4. The van der Waals surface area contributed by atoms with Gasteiger partial charge in [0, 0.05) is 24.7 Å². The summed E-state index contributed by atoms with van der Waals surface area (Å²) in [6.45, 7) is 4.98. The number of carbonyl (C=O) groups is 1. The minimum atomic E-state index is -0.224. The molecule has 1 saturated heterocycles. The third-order valence-electron chi connectivity index (χ3n) is 5.16. The lowest BCUT2D eigenvalue weighted by molar-refractivity contribution is 0.0929. The molecule has 1 aliphatic rings. The summed E-state index contributed by atoms with van der Waals surface area (Å²) in [5.74, 6) is 0.781. The van der Waals surface area contributed by atoms with Gasteiger partial charge >= 0.3 is 0 Å². The number of aromatic nitrogens is 2. The Balaban J connectivity index is 1.36. The van der Waals surface area contributed by atoms with Gasteiger partial charge in [-0.25, -0.2) is 4.98 Å². The van der Waals surface area contributed by atoms with Crippen LogP contribution in [0.4, 0.5) is 0 Å². The number of hydrogen-bond donors (Lipinski definition) is 1. The Morgan fingerprint density at radius 1 is 1.36 bits per heavy atom. The minimum Gasteiger partial charge on any atom is -0.482 e. The number of nitrogens with zero attached hydrogens (tertiary/aromatic N) is 3. The molecule has 0 spiro atoms. The zero-order valence-electron chi connectivity index (χ0n) is 16.1. The van der Waals surface area contributed by atoms with E-state index < -0.39 is 0 Å². The van der Waals surface area contributed by atoms with Crippen molar-refractivity contribution >= 4 is 16.8 Å². The van der Waals surface area contributed by atoms with Crippen LogP contribution in [0.2, 0.25) is 0 Å². The van der Waals surface area contributed by atoms with Gasteiger partial charge in [0.25, 0.3) is 5.91 Å². The van der Waals surface area contributed by atoms with Crippen molar-refractivity contribution in [1.82, 2.24) is 20.2 Å². The largest absolute Gasteiger partial charge is 0.482 e. The molecule has 2 aromatic heterocycles. The first-order valence-electron chi connectivity index (χ1n) is 9.40. The summed E-state index contributed by atoms with van der Waals surface area (Å²) in [7, 11) is 2.10. The van der Waals surface area contributed by atoms with Crippen LogP contribution >= 0.6 is 0 Å². The lowest BCUT2D eigenvalue weighted by Crippen LogP contribution is -2.37. The van der Waals surface area contributed by atoms with Crippen molar-refractivity contribution in [1.29, 1.82) is 0 Å². The van der Waals surface area contributed by atoms with Crippen molar-refractivity contribution in [3.8, 4) is 5.75 Å². The number of amides is 1. The average molecular weight is 380 g/mol. The van der Waals surface area contributed by atoms with Gasteiger partial charge in [-0.15, -0.1) is 0 Å². The number of fused-ring (bicyclic) bond motifs is 1. The average Bonchev–Trinajstić information content (AvgIpc) is 3.31. The topological polar surface area (TPSA) is 80.5 Å². The Morgan fingerprint density at radius 2 is 2.21 bits per heavy atom. The van der Waals surface area contributed by atoms with Crippen LogP contribution in [0, 0.1) is 5.41 Å².